The molecule has 2 aromatic rings. The van der Waals surface area contributed by atoms with Crippen LogP contribution in [0.15, 0.2) is 24.8 Å². The molecule has 0 aromatic carbocycles. The van der Waals surface area contributed by atoms with Gasteiger partial charge in [-0.15, -0.1) is 0 Å². The van der Waals surface area contributed by atoms with Crippen LogP contribution in [0.3, 0.4) is 0 Å². The maximum Gasteiger partial charge on any atom is 0.354 e. The van der Waals surface area contributed by atoms with Gasteiger partial charge in [-0.1, -0.05) is 0 Å². The minimum absolute atomic E-state index is 0.00815. The molecule has 0 saturated heterocycles. The Morgan fingerprint density at radius 3 is 2.92 bits per heavy atom. The topological polar surface area (TPSA) is 76.0 Å². The van der Waals surface area contributed by atoms with Crippen LogP contribution in [0.25, 0.3) is 10.9 Å². The number of fused-ring (bicyclic) bond motifs is 1. The molecule has 0 atom stereocenters. The lowest BCUT2D eigenvalue weighted by Crippen LogP contribution is -1.99. The van der Waals surface area contributed by atoms with E-state index in [9.17, 15) is 4.79 Å². The molecule has 0 saturated carbocycles. The van der Waals surface area contributed by atoms with Crippen LogP contribution in [-0.4, -0.2) is 26.0 Å². The molecule has 64 valence electrons. The van der Waals surface area contributed by atoms with E-state index in [0.717, 1.165) is 5.39 Å². The van der Waals surface area contributed by atoms with Gasteiger partial charge in [0.2, 0.25) is 0 Å². The Morgan fingerprint density at radius 2 is 2.15 bits per heavy atom. The maximum absolute atomic E-state index is 10.5. The molecule has 0 radical (unpaired) electrons. The van der Waals surface area contributed by atoms with Gasteiger partial charge in [0.25, 0.3) is 0 Å². The van der Waals surface area contributed by atoms with Crippen molar-refractivity contribution in [3.63, 3.8) is 0 Å². The molecule has 0 aliphatic heterocycles. The molecule has 0 spiro atoms. The molecule has 5 nitrogen and oxygen atoms in total. The summed E-state index contributed by atoms with van der Waals surface area (Å²) in [7, 11) is 0. The summed E-state index contributed by atoms with van der Waals surface area (Å²) in [6.45, 7) is 0. The first kappa shape index (κ1) is 7.60. The van der Waals surface area contributed by atoms with Crippen molar-refractivity contribution in [2.45, 2.75) is 0 Å². The number of hydrogen-bond acceptors (Lipinski definition) is 4. The molecular weight excluding hydrogens is 170 g/mol. The van der Waals surface area contributed by atoms with Gasteiger partial charge in [0.05, 0.1) is 5.52 Å². The van der Waals surface area contributed by atoms with E-state index in [-0.39, 0.29) is 5.69 Å². The molecule has 5 heteroatoms. The van der Waals surface area contributed by atoms with Gasteiger partial charge in [-0.2, -0.15) is 0 Å². The first-order valence-corrected chi connectivity index (χ1v) is 3.56. The van der Waals surface area contributed by atoms with E-state index in [1.807, 2.05) is 0 Å². The largest absolute Gasteiger partial charge is 0.477 e. The predicted molar refractivity (Wildman–Crippen MR) is 44.3 cm³/mol. The zero-order chi connectivity index (χ0) is 9.26. The first-order valence-electron chi connectivity index (χ1n) is 3.56. The number of aromatic carboxylic acids is 1. The summed E-state index contributed by atoms with van der Waals surface area (Å²) in [6.07, 6.45) is 4.40. The van der Waals surface area contributed by atoms with E-state index < -0.39 is 5.97 Å². The van der Waals surface area contributed by atoms with E-state index >= 15 is 0 Å². The number of rotatable bonds is 1. The Bertz CT molecular complexity index is 470. The van der Waals surface area contributed by atoms with Gasteiger partial charge >= 0.3 is 5.97 Å². The molecule has 0 aliphatic carbocycles. The van der Waals surface area contributed by atoms with Crippen LogP contribution in [-0.2, 0) is 0 Å². The van der Waals surface area contributed by atoms with Crippen molar-refractivity contribution in [1.29, 1.82) is 0 Å². The number of aromatic nitrogens is 3. The number of nitrogens with zero attached hydrogens (tertiary/aromatic N) is 3. The standard InChI is InChI=1S/C8H5N3O2/c12-8(13)7-1-6-5(3-10-7)2-9-4-11-6/h1-4H,(H,12,13). The summed E-state index contributed by atoms with van der Waals surface area (Å²) in [6, 6.07) is 1.42. The molecule has 0 fully saturated rings. The summed E-state index contributed by atoms with van der Waals surface area (Å²) >= 11 is 0. The summed E-state index contributed by atoms with van der Waals surface area (Å²) < 4.78 is 0. The lowest BCUT2D eigenvalue weighted by Gasteiger charge is -1.95. The number of carboxylic acids is 1. The molecule has 0 amide bonds. The van der Waals surface area contributed by atoms with Crippen molar-refractivity contribution in [3.05, 3.63) is 30.5 Å². The number of carbonyl (C=O) groups is 1. The van der Waals surface area contributed by atoms with Crippen molar-refractivity contribution >= 4 is 16.9 Å². The lowest BCUT2D eigenvalue weighted by atomic mass is 10.3. The highest BCUT2D eigenvalue weighted by atomic mass is 16.4. The Kier molecular flexibility index (Phi) is 1.63. The fraction of sp³-hybridized carbons (Fsp3) is 0. The zero-order valence-corrected chi connectivity index (χ0v) is 6.51. The quantitative estimate of drug-likeness (QED) is 0.691. The van der Waals surface area contributed by atoms with E-state index in [4.69, 9.17) is 5.11 Å². The summed E-state index contributed by atoms with van der Waals surface area (Å²) in [5, 5.41) is 9.37. The monoisotopic (exact) mass is 175 g/mol. The third-order valence-electron chi connectivity index (χ3n) is 1.61. The normalized spacial score (nSPS) is 10.2. The molecule has 2 rings (SSSR count). The lowest BCUT2D eigenvalue weighted by molar-refractivity contribution is 0.0690. The smallest absolute Gasteiger partial charge is 0.354 e. The van der Waals surface area contributed by atoms with Gasteiger partial charge < -0.3 is 5.11 Å². The molecule has 13 heavy (non-hydrogen) atoms. The molecule has 2 heterocycles. The van der Waals surface area contributed by atoms with E-state index in [0.29, 0.717) is 5.52 Å². The van der Waals surface area contributed by atoms with Crippen LogP contribution >= 0.6 is 0 Å². The van der Waals surface area contributed by atoms with E-state index in [1.165, 1.54) is 18.6 Å². The minimum atomic E-state index is -1.06. The van der Waals surface area contributed by atoms with Gasteiger partial charge in [-0.05, 0) is 6.07 Å². The SMILES string of the molecule is O=C(O)c1cc2ncncc2cn1. The summed E-state index contributed by atoms with van der Waals surface area (Å²) in [5.41, 5.74) is 0.577. The Balaban J connectivity index is 2.69. The highest BCUT2D eigenvalue weighted by molar-refractivity contribution is 5.90. The summed E-state index contributed by atoms with van der Waals surface area (Å²) in [5.74, 6) is -1.06. The average Bonchev–Trinajstić information content (AvgIpc) is 2.17. The van der Waals surface area contributed by atoms with Gasteiger partial charge in [-0.25, -0.2) is 19.7 Å². The van der Waals surface area contributed by atoms with Gasteiger partial charge in [0, 0.05) is 17.8 Å². The third kappa shape index (κ3) is 1.31. The number of pyridine rings is 1. The Labute approximate surface area is 73.1 Å². The predicted octanol–water partition coefficient (Wildman–Crippen LogP) is 0.723. The second-order valence-corrected chi connectivity index (χ2v) is 2.46. The second-order valence-electron chi connectivity index (χ2n) is 2.46. The highest BCUT2D eigenvalue weighted by Gasteiger charge is 2.05. The first-order chi connectivity index (χ1) is 6.27. The minimum Gasteiger partial charge on any atom is -0.477 e. The average molecular weight is 175 g/mol. The van der Waals surface area contributed by atoms with Crippen molar-refractivity contribution in [1.82, 2.24) is 15.0 Å². The Hall–Kier alpha value is -2.04. The molecule has 2 aromatic heterocycles. The highest BCUT2D eigenvalue weighted by Crippen LogP contribution is 2.08. The van der Waals surface area contributed by atoms with Crippen LogP contribution in [0.2, 0.25) is 0 Å². The van der Waals surface area contributed by atoms with Gasteiger partial charge in [0.15, 0.2) is 0 Å². The van der Waals surface area contributed by atoms with Crippen LogP contribution in [0.4, 0.5) is 0 Å². The fourth-order valence-corrected chi connectivity index (χ4v) is 0.993. The Morgan fingerprint density at radius 1 is 1.31 bits per heavy atom. The van der Waals surface area contributed by atoms with Crippen molar-refractivity contribution in [2.75, 3.05) is 0 Å². The summed E-state index contributed by atoms with van der Waals surface area (Å²) in [4.78, 5) is 22.0. The van der Waals surface area contributed by atoms with Crippen LogP contribution in [0.1, 0.15) is 10.5 Å². The van der Waals surface area contributed by atoms with Crippen LogP contribution < -0.4 is 0 Å². The molecular formula is C8H5N3O2. The maximum atomic E-state index is 10.5. The van der Waals surface area contributed by atoms with E-state index in [2.05, 4.69) is 15.0 Å². The molecule has 0 bridgehead atoms. The van der Waals surface area contributed by atoms with Crippen molar-refractivity contribution in [3.8, 4) is 0 Å². The zero-order valence-electron chi connectivity index (χ0n) is 6.51. The fourth-order valence-electron chi connectivity index (χ4n) is 0.993. The van der Waals surface area contributed by atoms with Crippen molar-refractivity contribution in [2.24, 2.45) is 0 Å². The van der Waals surface area contributed by atoms with E-state index in [1.54, 1.807) is 6.20 Å². The second kappa shape index (κ2) is 2.78. The molecule has 0 aliphatic rings. The third-order valence-corrected chi connectivity index (χ3v) is 1.61. The molecule has 1 N–H and O–H groups in total. The van der Waals surface area contributed by atoms with Crippen molar-refractivity contribution < 1.29 is 9.90 Å². The number of carboxylic acid groups (broad SMARTS) is 1. The molecule has 0 unspecified atom stereocenters. The van der Waals surface area contributed by atoms with Gasteiger partial charge in [-0.3, -0.25) is 0 Å². The number of hydrogen-bond donors (Lipinski definition) is 1. The van der Waals surface area contributed by atoms with Crippen LogP contribution in [0, 0.1) is 0 Å². The van der Waals surface area contributed by atoms with Crippen LogP contribution in [0.5, 0.6) is 0 Å². The van der Waals surface area contributed by atoms with Gasteiger partial charge in [0.1, 0.15) is 12.0 Å².